The van der Waals surface area contributed by atoms with Crippen LogP contribution in [0.25, 0.3) is 0 Å². The zero-order valence-electron chi connectivity index (χ0n) is 13.3. The van der Waals surface area contributed by atoms with Crippen molar-refractivity contribution in [2.75, 3.05) is 0 Å². The summed E-state index contributed by atoms with van der Waals surface area (Å²) in [7, 11) is 0. The Bertz CT molecular complexity index is 801. The van der Waals surface area contributed by atoms with E-state index in [0.29, 0.717) is 18.0 Å². The first-order valence-electron chi connectivity index (χ1n) is 8.13. The number of carbonyl (C=O) groups is 2. The molecule has 4 rings (SSSR count). The van der Waals surface area contributed by atoms with Crippen LogP contribution in [0.5, 0.6) is 0 Å². The van der Waals surface area contributed by atoms with Gasteiger partial charge >= 0.3 is 5.97 Å². The van der Waals surface area contributed by atoms with Gasteiger partial charge in [0.05, 0.1) is 12.1 Å². The monoisotopic (exact) mass is 346 g/mol. The summed E-state index contributed by atoms with van der Waals surface area (Å²) < 4.78 is 5.37. The minimum atomic E-state index is -0.995. The van der Waals surface area contributed by atoms with Gasteiger partial charge in [-0.15, -0.1) is 11.3 Å². The Morgan fingerprint density at radius 1 is 1.33 bits per heavy atom. The zero-order valence-corrected chi connectivity index (χ0v) is 14.1. The summed E-state index contributed by atoms with van der Waals surface area (Å²) in [6, 6.07) is 3.65. The van der Waals surface area contributed by atoms with Crippen molar-refractivity contribution in [3.8, 4) is 0 Å². The molecule has 2 aromatic heterocycles. The average Bonchev–Trinajstić information content (AvgIpc) is 3.48. The van der Waals surface area contributed by atoms with E-state index in [2.05, 4.69) is 5.16 Å². The molecule has 126 valence electrons. The number of carbonyl (C=O) groups excluding carboxylic acids is 1. The summed E-state index contributed by atoms with van der Waals surface area (Å²) in [5.41, 5.74) is 1.25. The van der Waals surface area contributed by atoms with E-state index in [-0.39, 0.29) is 16.8 Å². The maximum atomic E-state index is 12.9. The predicted octanol–water partition coefficient (Wildman–Crippen LogP) is 3.42. The van der Waals surface area contributed by atoms with Crippen molar-refractivity contribution in [3.05, 3.63) is 38.9 Å². The Balaban J connectivity index is 1.55. The van der Waals surface area contributed by atoms with Gasteiger partial charge in [-0.2, -0.15) is 0 Å². The summed E-state index contributed by atoms with van der Waals surface area (Å²) in [5.74, 6) is 0.294. The lowest BCUT2D eigenvalue weighted by atomic mass is 10.2. The van der Waals surface area contributed by atoms with Crippen LogP contribution in [0.3, 0.4) is 0 Å². The first-order chi connectivity index (χ1) is 11.5. The van der Waals surface area contributed by atoms with Crippen LogP contribution >= 0.6 is 11.3 Å². The van der Waals surface area contributed by atoms with Crippen molar-refractivity contribution in [1.82, 2.24) is 10.1 Å². The molecule has 0 unspecified atom stereocenters. The Morgan fingerprint density at radius 2 is 2.08 bits per heavy atom. The minimum Gasteiger partial charge on any atom is -0.477 e. The van der Waals surface area contributed by atoms with Crippen molar-refractivity contribution < 1.29 is 19.2 Å². The third-order valence-electron chi connectivity index (χ3n) is 4.50. The quantitative estimate of drug-likeness (QED) is 0.866. The van der Waals surface area contributed by atoms with Gasteiger partial charge < -0.3 is 14.5 Å². The van der Waals surface area contributed by atoms with E-state index in [0.717, 1.165) is 53.4 Å². The largest absolute Gasteiger partial charge is 0.477 e. The zero-order chi connectivity index (χ0) is 16.8. The topological polar surface area (TPSA) is 83.6 Å². The number of hydrogen-bond acceptors (Lipinski definition) is 5. The number of thiophene rings is 1. The Morgan fingerprint density at radius 3 is 2.67 bits per heavy atom. The van der Waals surface area contributed by atoms with E-state index in [9.17, 15) is 9.59 Å². The number of aromatic nitrogens is 1. The van der Waals surface area contributed by atoms with Crippen LogP contribution in [0.1, 0.15) is 68.0 Å². The van der Waals surface area contributed by atoms with Crippen LogP contribution in [-0.2, 0) is 6.54 Å². The minimum absolute atomic E-state index is 0.116. The highest BCUT2D eigenvalue weighted by atomic mass is 32.1. The van der Waals surface area contributed by atoms with Crippen molar-refractivity contribution >= 4 is 23.2 Å². The van der Waals surface area contributed by atoms with Crippen molar-refractivity contribution in [3.63, 3.8) is 0 Å². The molecular weight excluding hydrogens is 328 g/mol. The molecule has 2 heterocycles. The van der Waals surface area contributed by atoms with Gasteiger partial charge in [0.25, 0.3) is 5.91 Å². The molecule has 0 spiro atoms. The molecule has 0 bridgehead atoms. The van der Waals surface area contributed by atoms with Gasteiger partial charge in [0, 0.05) is 22.9 Å². The summed E-state index contributed by atoms with van der Waals surface area (Å²) in [6.45, 7) is 2.20. The van der Waals surface area contributed by atoms with Crippen LogP contribution in [0.4, 0.5) is 0 Å². The van der Waals surface area contributed by atoms with E-state index >= 15 is 0 Å². The molecule has 0 aromatic carbocycles. The fraction of sp³-hybridized carbons (Fsp3) is 0.471. The summed E-state index contributed by atoms with van der Waals surface area (Å²) in [5, 5.41) is 13.2. The molecule has 2 fully saturated rings. The molecule has 2 aliphatic carbocycles. The molecule has 0 saturated heterocycles. The number of aryl methyl sites for hydroxylation is 1. The lowest BCUT2D eigenvalue weighted by molar-refractivity contribution is 0.0702. The molecule has 7 heteroatoms. The third-order valence-corrected chi connectivity index (χ3v) is 5.54. The SMILES string of the molecule is Cc1sc(C(=O)O)cc1C(=O)N(Cc1cc(C2CC2)on1)C1CC1. The van der Waals surface area contributed by atoms with Crippen molar-refractivity contribution in [2.24, 2.45) is 0 Å². The standard InChI is InChI=1S/C17H18N2O4S/c1-9-13(7-15(24-9)17(21)22)16(20)19(12-4-5-12)8-11-6-14(23-18-11)10-2-3-10/h6-7,10,12H,2-5,8H2,1H3,(H,21,22). The molecular formula is C17H18N2O4S. The predicted molar refractivity (Wildman–Crippen MR) is 87.4 cm³/mol. The van der Waals surface area contributed by atoms with Crippen LogP contribution in [0, 0.1) is 6.92 Å². The van der Waals surface area contributed by atoms with Gasteiger partial charge in [-0.25, -0.2) is 4.79 Å². The average molecular weight is 346 g/mol. The van der Waals surface area contributed by atoms with Gasteiger partial charge in [0.15, 0.2) is 0 Å². The summed E-state index contributed by atoms with van der Waals surface area (Å²) in [4.78, 5) is 26.8. The Hall–Kier alpha value is -2.15. The van der Waals surface area contributed by atoms with Crippen LogP contribution in [0.15, 0.2) is 16.7 Å². The van der Waals surface area contributed by atoms with Gasteiger partial charge in [0.2, 0.25) is 0 Å². The number of amides is 1. The lowest BCUT2D eigenvalue weighted by Gasteiger charge is -2.21. The number of carboxylic acids is 1. The van der Waals surface area contributed by atoms with Gasteiger partial charge in [0.1, 0.15) is 16.3 Å². The highest BCUT2D eigenvalue weighted by Crippen LogP contribution is 2.40. The van der Waals surface area contributed by atoms with Crippen LogP contribution in [0.2, 0.25) is 0 Å². The highest BCUT2D eigenvalue weighted by molar-refractivity contribution is 7.14. The Kier molecular flexibility index (Phi) is 3.68. The van der Waals surface area contributed by atoms with Gasteiger partial charge in [-0.05, 0) is 38.7 Å². The maximum absolute atomic E-state index is 12.9. The van der Waals surface area contributed by atoms with E-state index in [1.54, 1.807) is 11.8 Å². The second-order valence-corrected chi connectivity index (χ2v) is 7.80. The highest BCUT2D eigenvalue weighted by Gasteiger charge is 2.35. The first-order valence-corrected chi connectivity index (χ1v) is 8.94. The molecule has 0 atom stereocenters. The molecule has 6 nitrogen and oxygen atoms in total. The molecule has 1 N–H and O–H groups in total. The number of rotatable bonds is 6. The molecule has 0 radical (unpaired) electrons. The van der Waals surface area contributed by atoms with Crippen LogP contribution in [-0.4, -0.2) is 33.1 Å². The normalized spacial score (nSPS) is 17.0. The maximum Gasteiger partial charge on any atom is 0.345 e. The molecule has 2 aromatic rings. The van der Waals surface area contributed by atoms with E-state index in [1.807, 2.05) is 6.07 Å². The van der Waals surface area contributed by atoms with Crippen molar-refractivity contribution in [2.45, 2.75) is 51.1 Å². The molecule has 0 aliphatic heterocycles. The lowest BCUT2D eigenvalue weighted by Crippen LogP contribution is -2.32. The molecule has 2 saturated carbocycles. The van der Waals surface area contributed by atoms with Crippen LogP contribution < -0.4 is 0 Å². The molecule has 24 heavy (non-hydrogen) atoms. The Labute approximate surface area is 143 Å². The summed E-state index contributed by atoms with van der Waals surface area (Å²) >= 11 is 1.14. The fourth-order valence-electron chi connectivity index (χ4n) is 2.84. The fourth-order valence-corrected chi connectivity index (χ4v) is 3.70. The van der Waals surface area contributed by atoms with E-state index in [4.69, 9.17) is 9.63 Å². The number of aromatic carboxylic acids is 1. The molecule has 2 aliphatic rings. The van der Waals surface area contributed by atoms with E-state index < -0.39 is 5.97 Å². The van der Waals surface area contributed by atoms with Gasteiger partial charge in [-0.3, -0.25) is 4.79 Å². The van der Waals surface area contributed by atoms with Crippen molar-refractivity contribution in [1.29, 1.82) is 0 Å². The third kappa shape index (κ3) is 2.96. The van der Waals surface area contributed by atoms with E-state index in [1.165, 1.54) is 6.07 Å². The van der Waals surface area contributed by atoms with Gasteiger partial charge in [-0.1, -0.05) is 5.16 Å². The number of hydrogen-bond donors (Lipinski definition) is 1. The smallest absolute Gasteiger partial charge is 0.345 e. The molecule has 1 amide bonds. The summed E-state index contributed by atoms with van der Waals surface area (Å²) in [6.07, 6.45) is 4.25. The first kappa shape index (κ1) is 15.4. The second-order valence-electron chi connectivity index (χ2n) is 6.54. The second kappa shape index (κ2) is 5.73. The number of carboxylic acid groups (broad SMARTS) is 1. The number of nitrogens with zero attached hydrogens (tertiary/aromatic N) is 2.